The molecule has 0 radical (unpaired) electrons. The smallest absolute Gasteiger partial charge is 0.252 e. The normalized spacial score (nSPS) is 21.7. The molecule has 2 N–H and O–H groups in total. The molecule has 154 valence electrons. The fourth-order valence-electron chi connectivity index (χ4n) is 3.36. The number of rotatable bonds is 7. The molecule has 0 aromatic carbocycles. The van der Waals surface area contributed by atoms with Gasteiger partial charge in [-0.2, -0.15) is 0 Å². The Bertz CT molecular complexity index is 718. The van der Waals surface area contributed by atoms with Crippen molar-refractivity contribution in [1.29, 1.82) is 0 Å². The summed E-state index contributed by atoms with van der Waals surface area (Å²) in [7, 11) is -0.268. The van der Waals surface area contributed by atoms with E-state index in [1.54, 1.807) is 20.2 Å². The molecule has 0 bridgehead atoms. The molecule has 0 unspecified atom stereocenters. The largest absolute Gasteiger partial charge is 0.357 e. The van der Waals surface area contributed by atoms with E-state index < -0.39 is 10.0 Å². The van der Waals surface area contributed by atoms with E-state index in [0.29, 0.717) is 16.8 Å². The van der Waals surface area contributed by atoms with E-state index in [4.69, 9.17) is 0 Å². The Labute approximate surface area is 168 Å². The lowest BCUT2D eigenvalue weighted by Crippen LogP contribution is -2.45. The Morgan fingerprint density at radius 2 is 1.93 bits per heavy atom. The summed E-state index contributed by atoms with van der Waals surface area (Å²) in [6.45, 7) is 7.97. The number of hydrogen-bond acceptors (Lipinski definition) is 4. The first-order chi connectivity index (χ1) is 12.7. The van der Waals surface area contributed by atoms with Gasteiger partial charge in [0.05, 0.1) is 6.54 Å². The van der Waals surface area contributed by atoms with Crippen LogP contribution in [0.1, 0.15) is 51.3 Å². The van der Waals surface area contributed by atoms with E-state index in [2.05, 4.69) is 36.4 Å². The van der Waals surface area contributed by atoms with Crippen LogP contribution in [0.4, 0.5) is 0 Å². The van der Waals surface area contributed by atoms with Crippen LogP contribution in [0.15, 0.2) is 21.3 Å². The van der Waals surface area contributed by atoms with Crippen molar-refractivity contribution in [3.05, 3.63) is 17.0 Å². The second-order valence-electron chi connectivity index (χ2n) is 7.70. The molecule has 0 aliphatic heterocycles. The molecule has 1 aromatic rings. The molecule has 0 saturated heterocycles. The van der Waals surface area contributed by atoms with Gasteiger partial charge < -0.3 is 10.6 Å². The van der Waals surface area contributed by atoms with E-state index in [1.807, 2.05) is 6.07 Å². The van der Waals surface area contributed by atoms with Crippen LogP contribution in [0.5, 0.6) is 0 Å². The maximum atomic E-state index is 12.2. The van der Waals surface area contributed by atoms with Gasteiger partial charge in [0.25, 0.3) is 10.0 Å². The standard InChI is InChI=1S/C19H34N4O2S2/c1-6-20-19(22-16-9-7-15(8-10-16)14(2)3)21-13-17-11-12-18(26-17)27(24,25)23(4)5/h11-12,14-16H,6-10,13H2,1-5H3,(H2,20,21,22). The molecule has 2 rings (SSSR count). The molecule has 1 saturated carbocycles. The topological polar surface area (TPSA) is 73.8 Å². The summed E-state index contributed by atoms with van der Waals surface area (Å²) in [5, 5.41) is 6.87. The molecule has 0 amide bonds. The monoisotopic (exact) mass is 414 g/mol. The average molecular weight is 415 g/mol. The molecule has 8 heteroatoms. The van der Waals surface area contributed by atoms with Gasteiger partial charge in [0.1, 0.15) is 4.21 Å². The maximum Gasteiger partial charge on any atom is 0.252 e. The zero-order chi connectivity index (χ0) is 20.0. The molecule has 1 heterocycles. The van der Waals surface area contributed by atoms with E-state index in [-0.39, 0.29) is 0 Å². The Kier molecular flexibility index (Phi) is 8.12. The van der Waals surface area contributed by atoms with Gasteiger partial charge in [-0.15, -0.1) is 11.3 Å². The number of hydrogen-bond donors (Lipinski definition) is 2. The van der Waals surface area contributed by atoms with Crippen LogP contribution in [0, 0.1) is 11.8 Å². The third-order valence-electron chi connectivity index (χ3n) is 5.16. The Hall–Kier alpha value is -1.12. The summed E-state index contributed by atoms with van der Waals surface area (Å²) < 4.78 is 26.0. The minimum absolute atomic E-state index is 0.364. The number of nitrogens with zero attached hydrogens (tertiary/aromatic N) is 2. The summed E-state index contributed by atoms with van der Waals surface area (Å²) in [6, 6.07) is 3.98. The van der Waals surface area contributed by atoms with Crippen molar-refractivity contribution in [3.8, 4) is 0 Å². The summed E-state index contributed by atoms with van der Waals surface area (Å²) in [5.41, 5.74) is 0. The second kappa shape index (κ2) is 9.89. The third kappa shape index (κ3) is 6.19. The Morgan fingerprint density at radius 3 is 2.48 bits per heavy atom. The predicted octanol–water partition coefficient (Wildman–Crippen LogP) is 3.27. The fourth-order valence-corrected chi connectivity index (χ4v) is 5.81. The average Bonchev–Trinajstić information content (AvgIpc) is 3.10. The lowest BCUT2D eigenvalue weighted by Gasteiger charge is -2.32. The second-order valence-corrected chi connectivity index (χ2v) is 11.3. The number of aliphatic imine (C=N–C) groups is 1. The first-order valence-electron chi connectivity index (χ1n) is 9.80. The molecule has 0 atom stereocenters. The van der Waals surface area contributed by atoms with Crippen LogP contribution in [0.25, 0.3) is 0 Å². The molecular formula is C19H34N4O2S2. The minimum atomic E-state index is -3.37. The Balaban J connectivity index is 1.97. The number of nitrogens with one attached hydrogen (secondary N) is 2. The lowest BCUT2D eigenvalue weighted by molar-refractivity contribution is 0.250. The van der Waals surface area contributed by atoms with Gasteiger partial charge >= 0.3 is 0 Å². The first kappa shape index (κ1) is 22.2. The van der Waals surface area contributed by atoms with Crippen LogP contribution < -0.4 is 10.6 Å². The van der Waals surface area contributed by atoms with Crippen molar-refractivity contribution in [3.63, 3.8) is 0 Å². The van der Waals surface area contributed by atoms with Crippen LogP contribution in [-0.2, 0) is 16.6 Å². The van der Waals surface area contributed by atoms with Crippen LogP contribution >= 0.6 is 11.3 Å². The molecule has 0 spiro atoms. The van der Waals surface area contributed by atoms with Gasteiger partial charge in [-0.05, 0) is 56.6 Å². The SMILES string of the molecule is CCNC(=NCc1ccc(S(=O)(=O)N(C)C)s1)NC1CCC(C(C)C)CC1. The van der Waals surface area contributed by atoms with E-state index in [9.17, 15) is 8.42 Å². The summed E-state index contributed by atoms with van der Waals surface area (Å²) >= 11 is 1.29. The number of thiophene rings is 1. The molecule has 1 fully saturated rings. The molecule has 27 heavy (non-hydrogen) atoms. The van der Waals surface area contributed by atoms with Gasteiger partial charge in [-0.3, -0.25) is 0 Å². The van der Waals surface area contributed by atoms with Crippen molar-refractivity contribution in [2.75, 3.05) is 20.6 Å². The van der Waals surface area contributed by atoms with E-state index >= 15 is 0 Å². The Morgan fingerprint density at radius 1 is 1.26 bits per heavy atom. The zero-order valence-corrected chi connectivity index (χ0v) is 18.8. The van der Waals surface area contributed by atoms with Crippen molar-refractivity contribution in [1.82, 2.24) is 14.9 Å². The number of guanidine groups is 1. The summed E-state index contributed by atoms with van der Waals surface area (Å²) in [6.07, 6.45) is 4.89. The van der Waals surface area contributed by atoms with Crippen LogP contribution in [-0.4, -0.2) is 45.4 Å². The van der Waals surface area contributed by atoms with Crippen molar-refractivity contribution < 1.29 is 8.42 Å². The van der Waals surface area contributed by atoms with Crippen molar-refractivity contribution in [2.45, 2.75) is 63.3 Å². The molecule has 1 aliphatic rings. The third-order valence-corrected chi connectivity index (χ3v) is 8.52. The van der Waals surface area contributed by atoms with Gasteiger partial charge in [0.15, 0.2) is 5.96 Å². The van der Waals surface area contributed by atoms with Crippen molar-refractivity contribution in [2.24, 2.45) is 16.8 Å². The van der Waals surface area contributed by atoms with E-state index in [0.717, 1.165) is 29.2 Å². The quantitative estimate of drug-likeness (QED) is 0.530. The highest BCUT2D eigenvalue weighted by Gasteiger charge is 2.24. The highest BCUT2D eigenvalue weighted by atomic mass is 32.2. The lowest BCUT2D eigenvalue weighted by atomic mass is 9.80. The van der Waals surface area contributed by atoms with Gasteiger partial charge in [-0.1, -0.05) is 13.8 Å². The number of sulfonamides is 1. The summed E-state index contributed by atoms with van der Waals surface area (Å²) in [5.74, 6) is 2.42. The van der Waals surface area contributed by atoms with Gasteiger partial charge in [0.2, 0.25) is 0 Å². The first-order valence-corrected chi connectivity index (χ1v) is 12.1. The van der Waals surface area contributed by atoms with Gasteiger partial charge in [0, 0.05) is 31.6 Å². The summed E-state index contributed by atoms with van der Waals surface area (Å²) in [4.78, 5) is 5.61. The molecule has 1 aromatic heterocycles. The van der Waals surface area contributed by atoms with Crippen molar-refractivity contribution >= 4 is 27.3 Å². The maximum absolute atomic E-state index is 12.2. The minimum Gasteiger partial charge on any atom is -0.357 e. The molecule has 1 aliphatic carbocycles. The highest BCUT2D eigenvalue weighted by Crippen LogP contribution is 2.30. The highest BCUT2D eigenvalue weighted by molar-refractivity contribution is 7.91. The van der Waals surface area contributed by atoms with E-state index in [1.165, 1.54) is 41.3 Å². The molecular weight excluding hydrogens is 380 g/mol. The van der Waals surface area contributed by atoms with Crippen LogP contribution in [0.3, 0.4) is 0 Å². The van der Waals surface area contributed by atoms with Gasteiger partial charge in [-0.25, -0.2) is 17.7 Å². The molecule has 6 nitrogen and oxygen atoms in total. The predicted molar refractivity (Wildman–Crippen MR) is 114 cm³/mol. The van der Waals surface area contributed by atoms with Crippen LogP contribution in [0.2, 0.25) is 0 Å². The fraction of sp³-hybridized carbons (Fsp3) is 0.737. The zero-order valence-electron chi connectivity index (χ0n) is 17.2.